The monoisotopic (exact) mass is 488 g/mol. The van der Waals surface area contributed by atoms with Gasteiger partial charge in [-0.2, -0.15) is 15.0 Å². The first-order valence-corrected chi connectivity index (χ1v) is 11.6. The van der Waals surface area contributed by atoms with Crippen LogP contribution in [0.15, 0.2) is 36.4 Å². The predicted molar refractivity (Wildman–Crippen MR) is 133 cm³/mol. The van der Waals surface area contributed by atoms with Crippen molar-refractivity contribution in [3.05, 3.63) is 52.8 Å². The smallest absolute Gasteiger partial charge is 0.234 e. The molecular formula is C22H25ClN6O3S. The van der Waals surface area contributed by atoms with E-state index in [0.717, 1.165) is 17.7 Å². The number of carbonyl (C=O) groups is 1. The third-order valence-corrected chi connectivity index (χ3v) is 5.78. The molecule has 1 amide bonds. The Morgan fingerprint density at radius 2 is 1.85 bits per heavy atom. The molecule has 0 fully saturated rings. The largest absolute Gasteiger partial charge is 0.495 e. The van der Waals surface area contributed by atoms with Crippen LogP contribution in [0.1, 0.15) is 18.3 Å². The van der Waals surface area contributed by atoms with E-state index in [1.54, 1.807) is 12.1 Å². The topological polar surface area (TPSA) is 124 Å². The van der Waals surface area contributed by atoms with Crippen LogP contribution in [0.3, 0.4) is 0 Å². The Morgan fingerprint density at radius 3 is 2.58 bits per heavy atom. The van der Waals surface area contributed by atoms with Gasteiger partial charge in [0.1, 0.15) is 17.3 Å². The van der Waals surface area contributed by atoms with Crippen molar-refractivity contribution in [2.24, 2.45) is 0 Å². The molecule has 2 aromatic carbocycles. The fourth-order valence-electron chi connectivity index (χ4n) is 3.01. The van der Waals surface area contributed by atoms with Gasteiger partial charge >= 0.3 is 0 Å². The first-order chi connectivity index (χ1) is 15.9. The van der Waals surface area contributed by atoms with E-state index >= 15 is 0 Å². The van der Waals surface area contributed by atoms with E-state index in [-0.39, 0.29) is 17.6 Å². The summed E-state index contributed by atoms with van der Waals surface area (Å²) in [5, 5.41) is 6.39. The lowest BCUT2D eigenvalue weighted by atomic mass is 10.1. The summed E-state index contributed by atoms with van der Waals surface area (Å²) in [5.41, 5.74) is 8.38. The summed E-state index contributed by atoms with van der Waals surface area (Å²) >= 11 is 7.45. The van der Waals surface area contributed by atoms with Crippen molar-refractivity contribution in [1.29, 1.82) is 0 Å². The number of methoxy groups -OCH3 is 2. The number of aryl methyl sites for hydroxylation is 1. The Bertz CT molecular complexity index is 1130. The minimum Gasteiger partial charge on any atom is -0.495 e. The lowest BCUT2D eigenvalue weighted by molar-refractivity contribution is -0.113. The van der Waals surface area contributed by atoms with E-state index in [4.69, 9.17) is 26.8 Å². The van der Waals surface area contributed by atoms with Crippen molar-refractivity contribution < 1.29 is 14.3 Å². The van der Waals surface area contributed by atoms with Gasteiger partial charge in [0.2, 0.25) is 17.8 Å². The molecule has 9 nitrogen and oxygen atoms in total. The molecule has 0 unspecified atom stereocenters. The van der Waals surface area contributed by atoms with Crippen molar-refractivity contribution in [3.8, 4) is 11.5 Å². The standard InChI is InChI=1S/C22H25ClN6O3S/c1-4-13-7-5-6-8-15(13)26-22-28-19(27-21(24)29-22)11-33-12-20(30)25-16-10-17(31-2)14(23)9-18(16)32-3/h5-10H,4,11-12H2,1-3H3,(H,25,30)(H3,24,26,27,28,29). The van der Waals surface area contributed by atoms with Gasteiger partial charge in [-0.25, -0.2) is 0 Å². The Hall–Kier alpha value is -3.24. The van der Waals surface area contributed by atoms with Crippen molar-refractivity contribution in [3.63, 3.8) is 0 Å². The van der Waals surface area contributed by atoms with Gasteiger partial charge in [0, 0.05) is 17.8 Å². The summed E-state index contributed by atoms with van der Waals surface area (Å²) in [6, 6.07) is 11.1. The molecule has 11 heteroatoms. The third-order valence-electron chi connectivity index (χ3n) is 4.56. The van der Waals surface area contributed by atoms with Gasteiger partial charge in [-0.1, -0.05) is 36.7 Å². The quantitative estimate of drug-likeness (QED) is 0.383. The van der Waals surface area contributed by atoms with Crippen LogP contribution in [0.25, 0.3) is 0 Å². The number of aromatic nitrogens is 3. The minimum absolute atomic E-state index is 0.111. The second kappa shape index (κ2) is 11.6. The average molecular weight is 489 g/mol. The Kier molecular flexibility index (Phi) is 8.56. The number of nitrogens with zero attached hydrogens (tertiary/aromatic N) is 3. The van der Waals surface area contributed by atoms with Crippen molar-refractivity contribution in [2.45, 2.75) is 19.1 Å². The van der Waals surface area contributed by atoms with Crippen LogP contribution >= 0.6 is 23.4 Å². The molecule has 4 N–H and O–H groups in total. The zero-order valence-electron chi connectivity index (χ0n) is 18.5. The number of anilines is 4. The van der Waals surface area contributed by atoms with Gasteiger partial charge in [-0.05, 0) is 18.1 Å². The van der Waals surface area contributed by atoms with Crippen LogP contribution in [0.4, 0.5) is 23.3 Å². The second-order valence-electron chi connectivity index (χ2n) is 6.80. The number of hydrogen-bond acceptors (Lipinski definition) is 9. The molecule has 0 aliphatic rings. The summed E-state index contributed by atoms with van der Waals surface area (Å²) < 4.78 is 10.5. The predicted octanol–water partition coefficient (Wildman–Crippen LogP) is 4.30. The van der Waals surface area contributed by atoms with E-state index in [2.05, 4.69) is 32.5 Å². The number of amides is 1. The molecule has 0 saturated heterocycles. The van der Waals surface area contributed by atoms with Gasteiger partial charge < -0.3 is 25.8 Å². The average Bonchev–Trinajstić information content (AvgIpc) is 2.80. The molecule has 0 atom stereocenters. The highest BCUT2D eigenvalue weighted by Gasteiger charge is 2.13. The Morgan fingerprint density at radius 1 is 1.09 bits per heavy atom. The van der Waals surface area contributed by atoms with Crippen LogP contribution in [0.2, 0.25) is 5.02 Å². The van der Waals surface area contributed by atoms with E-state index in [0.29, 0.717) is 39.7 Å². The maximum absolute atomic E-state index is 12.4. The minimum atomic E-state index is -0.222. The van der Waals surface area contributed by atoms with E-state index in [1.807, 2.05) is 24.3 Å². The van der Waals surface area contributed by atoms with Crippen LogP contribution < -0.4 is 25.8 Å². The summed E-state index contributed by atoms with van der Waals surface area (Å²) in [7, 11) is 3.00. The first-order valence-electron chi connectivity index (χ1n) is 10.1. The van der Waals surface area contributed by atoms with Gasteiger partial charge in [0.15, 0.2) is 0 Å². The number of para-hydroxylation sites is 1. The molecule has 3 rings (SSSR count). The van der Waals surface area contributed by atoms with Crippen LogP contribution in [0.5, 0.6) is 11.5 Å². The number of halogens is 1. The zero-order chi connectivity index (χ0) is 23.8. The summed E-state index contributed by atoms with van der Waals surface area (Å²) in [6.07, 6.45) is 0.867. The molecular weight excluding hydrogens is 464 g/mol. The number of thioether (sulfide) groups is 1. The van der Waals surface area contributed by atoms with Gasteiger partial charge in [0.05, 0.1) is 36.4 Å². The number of hydrogen-bond donors (Lipinski definition) is 3. The fraction of sp³-hybridized carbons (Fsp3) is 0.273. The molecule has 33 heavy (non-hydrogen) atoms. The highest BCUT2D eigenvalue weighted by molar-refractivity contribution is 7.99. The molecule has 0 bridgehead atoms. The number of nitrogens with one attached hydrogen (secondary N) is 2. The molecule has 0 saturated carbocycles. The highest BCUT2D eigenvalue weighted by Crippen LogP contribution is 2.36. The molecule has 1 heterocycles. The van der Waals surface area contributed by atoms with Crippen molar-refractivity contribution in [2.75, 3.05) is 36.3 Å². The third kappa shape index (κ3) is 6.62. The molecule has 0 aliphatic heterocycles. The zero-order valence-corrected chi connectivity index (χ0v) is 20.1. The first kappa shape index (κ1) is 24.4. The van der Waals surface area contributed by atoms with E-state index in [9.17, 15) is 4.79 Å². The molecule has 1 aromatic heterocycles. The maximum atomic E-state index is 12.4. The molecule has 0 aliphatic carbocycles. The van der Waals surface area contributed by atoms with Crippen LogP contribution in [-0.4, -0.2) is 40.8 Å². The van der Waals surface area contributed by atoms with Gasteiger partial charge in [-0.3, -0.25) is 4.79 Å². The van der Waals surface area contributed by atoms with Crippen LogP contribution in [-0.2, 0) is 17.0 Å². The molecule has 0 radical (unpaired) electrons. The number of nitrogen functional groups attached to an aromatic ring is 1. The lowest BCUT2D eigenvalue weighted by Gasteiger charge is -2.13. The number of rotatable bonds is 10. The SMILES string of the molecule is CCc1ccccc1Nc1nc(N)nc(CSCC(=O)Nc2cc(OC)c(Cl)cc2OC)n1. The van der Waals surface area contributed by atoms with Crippen molar-refractivity contribution in [1.82, 2.24) is 15.0 Å². The number of carbonyl (C=O) groups excluding carboxylic acids is 1. The summed E-state index contributed by atoms with van der Waals surface area (Å²) in [4.78, 5) is 25.2. The van der Waals surface area contributed by atoms with E-state index in [1.165, 1.54) is 26.0 Å². The molecule has 3 aromatic rings. The summed E-state index contributed by atoms with van der Waals surface area (Å²) in [5.74, 6) is 2.15. The number of benzene rings is 2. The van der Waals surface area contributed by atoms with E-state index < -0.39 is 0 Å². The second-order valence-corrected chi connectivity index (χ2v) is 8.19. The fourth-order valence-corrected chi connectivity index (χ4v) is 3.91. The molecule has 174 valence electrons. The normalized spacial score (nSPS) is 10.5. The summed E-state index contributed by atoms with van der Waals surface area (Å²) in [6.45, 7) is 2.07. The molecule has 0 spiro atoms. The van der Waals surface area contributed by atoms with Crippen LogP contribution in [0, 0.1) is 0 Å². The van der Waals surface area contributed by atoms with Gasteiger partial charge in [0.25, 0.3) is 0 Å². The van der Waals surface area contributed by atoms with Gasteiger partial charge in [-0.15, -0.1) is 11.8 Å². The maximum Gasteiger partial charge on any atom is 0.234 e. The number of nitrogens with two attached hydrogens (primary N) is 1. The number of ether oxygens (including phenoxy) is 2. The Labute approximate surface area is 201 Å². The van der Waals surface area contributed by atoms with Crippen molar-refractivity contribution >= 4 is 52.5 Å². The lowest BCUT2D eigenvalue weighted by Crippen LogP contribution is -2.15. The Balaban J connectivity index is 1.61. The highest BCUT2D eigenvalue weighted by atomic mass is 35.5.